The van der Waals surface area contributed by atoms with E-state index in [1.807, 2.05) is 13.8 Å². The van der Waals surface area contributed by atoms with E-state index in [1.165, 1.54) is 12.1 Å². The Hall–Kier alpha value is -1.38. The van der Waals surface area contributed by atoms with Crippen LogP contribution < -0.4 is 5.32 Å². The summed E-state index contributed by atoms with van der Waals surface area (Å²) in [6.45, 7) is 4.00. The van der Waals surface area contributed by atoms with Crippen LogP contribution in [-0.2, 0) is 0 Å². The predicted octanol–water partition coefficient (Wildman–Crippen LogP) is 2.74. The zero-order chi connectivity index (χ0) is 11.3. The van der Waals surface area contributed by atoms with Crippen molar-refractivity contribution in [3.8, 4) is 0 Å². The smallest absolute Gasteiger partial charge is 0.254 e. The SMILES string of the molecule is CC.O=C(NC1CC1)c1ccccc1F. The third-order valence-electron chi connectivity index (χ3n) is 2.03. The second-order valence-electron chi connectivity index (χ2n) is 3.23. The highest BCUT2D eigenvalue weighted by molar-refractivity contribution is 5.94. The van der Waals surface area contributed by atoms with Crippen molar-refractivity contribution in [1.82, 2.24) is 5.32 Å². The Balaban J connectivity index is 0.000000531. The molecule has 0 atom stereocenters. The first-order valence-corrected chi connectivity index (χ1v) is 5.33. The van der Waals surface area contributed by atoms with Crippen molar-refractivity contribution in [1.29, 1.82) is 0 Å². The van der Waals surface area contributed by atoms with Gasteiger partial charge in [0.25, 0.3) is 5.91 Å². The van der Waals surface area contributed by atoms with Crippen molar-refractivity contribution in [2.75, 3.05) is 0 Å². The largest absolute Gasteiger partial charge is 0.349 e. The molecule has 0 heterocycles. The molecular weight excluding hydrogens is 193 g/mol. The number of hydrogen-bond donors (Lipinski definition) is 1. The molecule has 0 aliphatic heterocycles. The average molecular weight is 209 g/mol. The molecular formula is C12H16FNO. The lowest BCUT2D eigenvalue weighted by Gasteiger charge is -2.03. The van der Waals surface area contributed by atoms with Crippen LogP contribution in [0.2, 0.25) is 0 Å². The summed E-state index contributed by atoms with van der Waals surface area (Å²) < 4.78 is 13.1. The van der Waals surface area contributed by atoms with Gasteiger partial charge < -0.3 is 5.32 Å². The molecule has 2 rings (SSSR count). The van der Waals surface area contributed by atoms with Gasteiger partial charge in [0, 0.05) is 6.04 Å². The van der Waals surface area contributed by atoms with Crippen LogP contribution in [-0.4, -0.2) is 11.9 Å². The highest BCUT2D eigenvalue weighted by Crippen LogP contribution is 2.19. The van der Waals surface area contributed by atoms with E-state index in [9.17, 15) is 9.18 Å². The summed E-state index contributed by atoms with van der Waals surface area (Å²) >= 11 is 0. The second kappa shape index (κ2) is 5.49. The van der Waals surface area contributed by atoms with Gasteiger partial charge in [0.1, 0.15) is 5.82 Å². The van der Waals surface area contributed by atoms with Crippen molar-refractivity contribution in [2.24, 2.45) is 0 Å². The van der Waals surface area contributed by atoms with Gasteiger partial charge in [-0.1, -0.05) is 26.0 Å². The first-order chi connectivity index (χ1) is 7.27. The van der Waals surface area contributed by atoms with Crippen LogP contribution in [0, 0.1) is 5.82 Å². The normalized spacial score (nSPS) is 13.8. The fourth-order valence-electron chi connectivity index (χ4n) is 1.14. The van der Waals surface area contributed by atoms with Gasteiger partial charge >= 0.3 is 0 Å². The molecule has 1 saturated carbocycles. The van der Waals surface area contributed by atoms with Gasteiger partial charge in [0.15, 0.2) is 0 Å². The summed E-state index contributed by atoms with van der Waals surface area (Å²) in [6, 6.07) is 6.29. The highest BCUT2D eigenvalue weighted by atomic mass is 19.1. The van der Waals surface area contributed by atoms with E-state index in [0.717, 1.165) is 12.8 Å². The molecule has 0 saturated heterocycles. The molecule has 3 heteroatoms. The number of nitrogens with one attached hydrogen (secondary N) is 1. The fourth-order valence-corrected chi connectivity index (χ4v) is 1.14. The Labute approximate surface area is 89.5 Å². The molecule has 0 radical (unpaired) electrons. The van der Waals surface area contributed by atoms with Gasteiger partial charge in [-0.25, -0.2) is 4.39 Å². The Bertz CT molecular complexity index is 334. The van der Waals surface area contributed by atoms with Crippen LogP contribution in [0.25, 0.3) is 0 Å². The topological polar surface area (TPSA) is 29.1 Å². The zero-order valence-corrected chi connectivity index (χ0v) is 9.09. The van der Waals surface area contributed by atoms with Crippen molar-refractivity contribution in [3.05, 3.63) is 35.6 Å². The minimum Gasteiger partial charge on any atom is -0.349 e. The van der Waals surface area contributed by atoms with Crippen LogP contribution in [0.15, 0.2) is 24.3 Å². The molecule has 1 fully saturated rings. The molecule has 0 unspecified atom stereocenters. The summed E-state index contributed by atoms with van der Waals surface area (Å²) in [7, 11) is 0. The minimum atomic E-state index is -0.458. The standard InChI is InChI=1S/C10H10FNO.C2H6/c11-9-4-2-1-3-8(9)10(13)12-7-5-6-7;1-2/h1-4,7H,5-6H2,(H,12,13);1-2H3. The summed E-state index contributed by atoms with van der Waals surface area (Å²) in [4.78, 5) is 11.4. The Kier molecular flexibility index (Phi) is 4.28. The maximum atomic E-state index is 13.1. The van der Waals surface area contributed by atoms with E-state index in [4.69, 9.17) is 0 Å². The number of carbonyl (C=O) groups excluding carboxylic acids is 1. The summed E-state index contributed by atoms with van der Waals surface area (Å²) in [5.74, 6) is -0.763. The number of carbonyl (C=O) groups is 1. The Morgan fingerprint density at radius 2 is 1.93 bits per heavy atom. The molecule has 1 aromatic carbocycles. The summed E-state index contributed by atoms with van der Waals surface area (Å²) in [6.07, 6.45) is 2.03. The van der Waals surface area contributed by atoms with E-state index < -0.39 is 5.82 Å². The van der Waals surface area contributed by atoms with Crippen LogP contribution >= 0.6 is 0 Å². The lowest BCUT2D eigenvalue weighted by molar-refractivity contribution is 0.0947. The second-order valence-corrected chi connectivity index (χ2v) is 3.23. The van der Waals surface area contributed by atoms with Crippen LogP contribution in [0.4, 0.5) is 4.39 Å². The van der Waals surface area contributed by atoms with Gasteiger partial charge in [0.2, 0.25) is 0 Å². The molecule has 1 aromatic rings. The average Bonchev–Trinajstić information content (AvgIpc) is 3.05. The number of halogens is 1. The van der Waals surface area contributed by atoms with Gasteiger partial charge in [0.05, 0.1) is 5.56 Å². The van der Waals surface area contributed by atoms with E-state index >= 15 is 0 Å². The minimum absolute atomic E-state index is 0.134. The number of benzene rings is 1. The molecule has 82 valence electrons. The van der Waals surface area contributed by atoms with Gasteiger partial charge in [-0.15, -0.1) is 0 Å². The summed E-state index contributed by atoms with van der Waals surface area (Å²) in [5.41, 5.74) is 0.134. The van der Waals surface area contributed by atoms with Gasteiger partial charge in [-0.3, -0.25) is 4.79 Å². The fraction of sp³-hybridized carbons (Fsp3) is 0.417. The predicted molar refractivity (Wildman–Crippen MR) is 58.2 cm³/mol. The van der Waals surface area contributed by atoms with Crippen molar-refractivity contribution >= 4 is 5.91 Å². The number of amides is 1. The molecule has 1 amide bonds. The third kappa shape index (κ3) is 3.35. The lowest BCUT2D eigenvalue weighted by Crippen LogP contribution is -2.26. The van der Waals surface area contributed by atoms with E-state index in [0.29, 0.717) is 0 Å². The van der Waals surface area contributed by atoms with Crippen LogP contribution in [0.5, 0.6) is 0 Å². The van der Waals surface area contributed by atoms with E-state index in [-0.39, 0.29) is 17.5 Å². The summed E-state index contributed by atoms with van der Waals surface area (Å²) in [5, 5.41) is 2.73. The van der Waals surface area contributed by atoms with Crippen molar-refractivity contribution in [2.45, 2.75) is 32.7 Å². The number of hydrogen-bond acceptors (Lipinski definition) is 1. The van der Waals surface area contributed by atoms with Crippen LogP contribution in [0.1, 0.15) is 37.0 Å². The number of rotatable bonds is 2. The third-order valence-corrected chi connectivity index (χ3v) is 2.03. The van der Waals surface area contributed by atoms with Gasteiger partial charge in [-0.2, -0.15) is 0 Å². The molecule has 1 aliphatic rings. The first-order valence-electron chi connectivity index (χ1n) is 5.33. The molecule has 2 nitrogen and oxygen atoms in total. The van der Waals surface area contributed by atoms with Crippen molar-refractivity contribution in [3.63, 3.8) is 0 Å². The molecule has 1 aliphatic carbocycles. The highest BCUT2D eigenvalue weighted by Gasteiger charge is 2.24. The quantitative estimate of drug-likeness (QED) is 0.797. The monoisotopic (exact) mass is 209 g/mol. The Morgan fingerprint density at radius 1 is 1.33 bits per heavy atom. The van der Waals surface area contributed by atoms with Gasteiger partial charge in [-0.05, 0) is 25.0 Å². The van der Waals surface area contributed by atoms with Crippen molar-refractivity contribution < 1.29 is 9.18 Å². The van der Waals surface area contributed by atoms with Crippen LogP contribution in [0.3, 0.4) is 0 Å². The Morgan fingerprint density at radius 3 is 2.47 bits per heavy atom. The molecule has 0 aromatic heterocycles. The molecule has 0 spiro atoms. The maximum absolute atomic E-state index is 13.1. The van der Waals surface area contributed by atoms with E-state index in [2.05, 4.69) is 5.32 Å². The molecule has 0 bridgehead atoms. The first kappa shape index (κ1) is 11.7. The maximum Gasteiger partial charge on any atom is 0.254 e. The lowest BCUT2D eigenvalue weighted by atomic mass is 10.2. The molecule has 1 N–H and O–H groups in total. The zero-order valence-electron chi connectivity index (χ0n) is 9.09. The van der Waals surface area contributed by atoms with E-state index in [1.54, 1.807) is 12.1 Å². The molecule has 15 heavy (non-hydrogen) atoms.